The van der Waals surface area contributed by atoms with E-state index in [0.717, 1.165) is 10.9 Å². The molecule has 1 aromatic heterocycles. The van der Waals surface area contributed by atoms with Crippen molar-refractivity contribution in [2.75, 3.05) is 0 Å². The number of carboxylic acids is 1. The zero-order valence-electron chi connectivity index (χ0n) is 8.74. The number of aromatic nitrogens is 1. The van der Waals surface area contributed by atoms with Gasteiger partial charge in [0.2, 0.25) is 0 Å². The van der Waals surface area contributed by atoms with E-state index in [2.05, 4.69) is 18.8 Å². The van der Waals surface area contributed by atoms with E-state index >= 15 is 0 Å². The highest BCUT2D eigenvalue weighted by molar-refractivity contribution is 6.02. The number of nitrogens with one attached hydrogen (secondary N) is 1. The molecule has 0 aliphatic rings. The summed E-state index contributed by atoms with van der Waals surface area (Å²) in [6.07, 6.45) is 1.77. The van der Waals surface area contributed by atoms with Crippen molar-refractivity contribution < 1.29 is 9.90 Å². The number of fused-ring (bicyclic) bond motifs is 1. The van der Waals surface area contributed by atoms with E-state index in [4.69, 9.17) is 5.11 Å². The summed E-state index contributed by atoms with van der Waals surface area (Å²) in [6, 6.07) is 5.67. The van der Waals surface area contributed by atoms with Crippen LogP contribution in [0.3, 0.4) is 0 Å². The van der Waals surface area contributed by atoms with Crippen LogP contribution in [-0.4, -0.2) is 16.1 Å². The summed E-state index contributed by atoms with van der Waals surface area (Å²) in [6.45, 7) is 4.11. The Morgan fingerprint density at radius 2 is 2.13 bits per heavy atom. The average molecular weight is 203 g/mol. The van der Waals surface area contributed by atoms with Crippen LogP contribution in [0.5, 0.6) is 0 Å². The second-order valence-electron chi connectivity index (χ2n) is 3.97. The van der Waals surface area contributed by atoms with Gasteiger partial charge in [-0.25, -0.2) is 4.79 Å². The van der Waals surface area contributed by atoms with E-state index in [9.17, 15) is 4.79 Å². The largest absolute Gasteiger partial charge is 0.478 e. The predicted octanol–water partition coefficient (Wildman–Crippen LogP) is 2.99. The van der Waals surface area contributed by atoms with Crippen molar-refractivity contribution >= 4 is 16.9 Å². The van der Waals surface area contributed by atoms with Crippen LogP contribution in [0.2, 0.25) is 0 Å². The monoisotopic (exact) mass is 203 g/mol. The Bertz CT molecular complexity index is 511. The summed E-state index contributed by atoms with van der Waals surface area (Å²) in [5.41, 5.74) is 2.10. The van der Waals surface area contributed by atoms with Crippen LogP contribution < -0.4 is 0 Å². The first-order valence-corrected chi connectivity index (χ1v) is 4.94. The Morgan fingerprint density at radius 3 is 2.73 bits per heavy atom. The third-order valence-corrected chi connectivity index (χ3v) is 2.58. The molecule has 3 nitrogen and oxygen atoms in total. The molecular formula is C12H13NO2. The first-order valence-electron chi connectivity index (χ1n) is 4.94. The maximum Gasteiger partial charge on any atom is 0.337 e. The number of hydrogen-bond donors (Lipinski definition) is 2. The van der Waals surface area contributed by atoms with Crippen molar-refractivity contribution in [1.29, 1.82) is 0 Å². The Hall–Kier alpha value is -1.77. The van der Waals surface area contributed by atoms with Crippen molar-refractivity contribution in [3.8, 4) is 0 Å². The van der Waals surface area contributed by atoms with Crippen molar-refractivity contribution in [3.63, 3.8) is 0 Å². The van der Waals surface area contributed by atoms with Crippen LogP contribution in [0.4, 0.5) is 0 Å². The van der Waals surface area contributed by atoms with Gasteiger partial charge in [-0.3, -0.25) is 0 Å². The topological polar surface area (TPSA) is 53.1 Å². The molecule has 1 heterocycles. The summed E-state index contributed by atoms with van der Waals surface area (Å²) >= 11 is 0. The van der Waals surface area contributed by atoms with Crippen LogP contribution in [0.15, 0.2) is 24.4 Å². The molecule has 3 heteroatoms. The highest BCUT2D eigenvalue weighted by atomic mass is 16.4. The Morgan fingerprint density at radius 1 is 1.40 bits per heavy atom. The van der Waals surface area contributed by atoms with Gasteiger partial charge in [-0.2, -0.15) is 0 Å². The van der Waals surface area contributed by atoms with Gasteiger partial charge in [0.05, 0.1) is 11.1 Å². The van der Waals surface area contributed by atoms with Crippen LogP contribution >= 0.6 is 0 Å². The van der Waals surface area contributed by atoms with Gasteiger partial charge in [-0.1, -0.05) is 13.8 Å². The summed E-state index contributed by atoms with van der Waals surface area (Å²) in [5, 5.41) is 10.0. The van der Waals surface area contributed by atoms with E-state index in [0.29, 0.717) is 17.0 Å². The minimum atomic E-state index is -0.884. The molecule has 0 atom stereocenters. The average Bonchev–Trinajstić information content (AvgIpc) is 2.62. The third kappa shape index (κ3) is 1.61. The molecule has 0 unspecified atom stereocenters. The fourth-order valence-electron chi connectivity index (χ4n) is 1.70. The molecule has 0 radical (unpaired) electrons. The van der Waals surface area contributed by atoms with E-state index in [1.54, 1.807) is 12.3 Å². The van der Waals surface area contributed by atoms with Gasteiger partial charge in [0.1, 0.15) is 0 Å². The minimum absolute atomic E-state index is 0.336. The molecule has 2 rings (SSSR count). The highest BCUT2D eigenvalue weighted by Crippen LogP contribution is 2.24. The fraction of sp³-hybridized carbons (Fsp3) is 0.250. The number of hydrogen-bond acceptors (Lipinski definition) is 1. The Balaban J connectivity index is 2.74. The molecule has 0 saturated carbocycles. The molecule has 0 bridgehead atoms. The van der Waals surface area contributed by atoms with Crippen molar-refractivity contribution in [2.45, 2.75) is 19.8 Å². The zero-order chi connectivity index (χ0) is 11.0. The number of rotatable bonds is 2. The van der Waals surface area contributed by atoms with Crippen molar-refractivity contribution in [1.82, 2.24) is 4.98 Å². The molecule has 0 saturated heterocycles. The van der Waals surface area contributed by atoms with Gasteiger partial charge in [0, 0.05) is 11.6 Å². The van der Waals surface area contributed by atoms with Crippen LogP contribution in [-0.2, 0) is 0 Å². The lowest BCUT2D eigenvalue weighted by Gasteiger charge is -2.07. The molecule has 0 spiro atoms. The lowest BCUT2D eigenvalue weighted by molar-refractivity contribution is 0.0698. The van der Waals surface area contributed by atoms with E-state index in [1.807, 2.05) is 12.1 Å². The predicted molar refractivity (Wildman–Crippen MR) is 59.3 cm³/mol. The molecule has 0 aliphatic heterocycles. The van der Waals surface area contributed by atoms with Gasteiger partial charge in [-0.05, 0) is 29.7 Å². The molecule has 2 N–H and O–H groups in total. The van der Waals surface area contributed by atoms with Gasteiger partial charge >= 0.3 is 5.97 Å². The fourth-order valence-corrected chi connectivity index (χ4v) is 1.70. The number of aromatic carboxylic acids is 1. The molecule has 0 amide bonds. The normalized spacial score (nSPS) is 11.1. The molecular weight excluding hydrogens is 190 g/mol. The molecule has 2 aromatic rings. The van der Waals surface area contributed by atoms with Crippen LogP contribution in [0.1, 0.15) is 35.7 Å². The molecule has 78 valence electrons. The number of benzene rings is 1. The van der Waals surface area contributed by atoms with Crippen LogP contribution in [0.25, 0.3) is 10.9 Å². The smallest absolute Gasteiger partial charge is 0.337 e. The lowest BCUT2D eigenvalue weighted by atomic mass is 9.98. The lowest BCUT2D eigenvalue weighted by Crippen LogP contribution is -2.00. The van der Waals surface area contributed by atoms with Crippen molar-refractivity contribution in [3.05, 3.63) is 35.5 Å². The van der Waals surface area contributed by atoms with Gasteiger partial charge in [0.25, 0.3) is 0 Å². The standard InChI is InChI=1S/C12H13NO2/c1-7(2)9-5-8-3-4-13-11(8)10(6-9)12(14)15/h3-7,13H,1-2H3,(H,14,15). The Labute approximate surface area is 87.7 Å². The number of carbonyl (C=O) groups is 1. The quantitative estimate of drug-likeness (QED) is 0.788. The minimum Gasteiger partial charge on any atom is -0.478 e. The van der Waals surface area contributed by atoms with E-state index < -0.39 is 5.97 Å². The Kier molecular flexibility index (Phi) is 2.23. The van der Waals surface area contributed by atoms with E-state index in [-0.39, 0.29) is 0 Å². The van der Waals surface area contributed by atoms with Gasteiger partial charge < -0.3 is 10.1 Å². The second kappa shape index (κ2) is 3.42. The van der Waals surface area contributed by atoms with E-state index in [1.165, 1.54) is 0 Å². The zero-order valence-corrected chi connectivity index (χ0v) is 8.74. The first kappa shape index (κ1) is 9.77. The SMILES string of the molecule is CC(C)c1cc(C(=O)O)c2[nH]ccc2c1. The number of aromatic amines is 1. The van der Waals surface area contributed by atoms with Crippen LogP contribution in [0, 0.1) is 0 Å². The number of carboxylic acid groups (broad SMARTS) is 1. The maximum absolute atomic E-state index is 11.1. The summed E-state index contributed by atoms with van der Waals surface area (Å²) in [7, 11) is 0. The maximum atomic E-state index is 11.1. The summed E-state index contributed by atoms with van der Waals surface area (Å²) in [5.74, 6) is -0.549. The summed E-state index contributed by atoms with van der Waals surface area (Å²) in [4.78, 5) is 14.0. The second-order valence-corrected chi connectivity index (χ2v) is 3.97. The molecule has 0 aliphatic carbocycles. The summed E-state index contributed by atoms with van der Waals surface area (Å²) < 4.78 is 0. The molecule has 0 fully saturated rings. The third-order valence-electron chi connectivity index (χ3n) is 2.58. The molecule has 1 aromatic carbocycles. The van der Waals surface area contributed by atoms with Gasteiger partial charge in [-0.15, -0.1) is 0 Å². The first-order chi connectivity index (χ1) is 7.09. The highest BCUT2D eigenvalue weighted by Gasteiger charge is 2.12. The van der Waals surface area contributed by atoms with Gasteiger partial charge in [0.15, 0.2) is 0 Å². The van der Waals surface area contributed by atoms with Crippen molar-refractivity contribution in [2.24, 2.45) is 0 Å². The molecule has 15 heavy (non-hydrogen) atoms. The number of H-pyrrole nitrogens is 1.